The van der Waals surface area contributed by atoms with Crippen LogP contribution >= 0.6 is 0 Å². The van der Waals surface area contributed by atoms with Crippen molar-refractivity contribution in [1.82, 2.24) is 0 Å². The topological polar surface area (TPSA) is 228 Å². The van der Waals surface area contributed by atoms with Crippen LogP contribution in [0.1, 0.15) is 13.8 Å². The van der Waals surface area contributed by atoms with Crippen LogP contribution in [-0.4, -0.2) is 145 Å². The van der Waals surface area contributed by atoms with Gasteiger partial charge in [0, 0.05) is 0 Å². The lowest BCUT2D eigenvalue weighted by Crippen LogP contribution is -2.66. The van der Waals surface area contributed by atoms with Crippen molar-refractivity contribution in [3.05, 3.63) is 0 Å². The number of ether oxygens (including phenoxy) is 5. The molecule has 0 aliphatic carbocycles. The van der Waals surface area contributed by atoms with E-state index in [1.807, 2.05) is 0 Å². The predicted molar refractivity (Wildman–Crippen MR) is 98.4 cm³/mol. The van der Waals surface area contributed by atoms with Crippen LogP contribution in [0.4, 0.5) is 0 Å². The molecule has 15 atom stereocenters. The Kier molecular flexibility index (Phi) is 8.44. The van der Waals surface area contributed by atoms with Gasteiger partial charge in [-0.15, -0.1) is 0 Å². The van der Waals surface area contributed by atoms with Crippen LogP contribution in [0.5, 0.6) is 0 Å². The Labute approximate surface area is 183 Å². The van der Waals surface area contributed by atoms with Crippen LogP contribution in [0.2, 0.25) is 0 Å². The normalized spacial score (nSPS) is 55.0. The molecule has 14 nitrogen and oxygen atoms in total. The van der Waals surface area contributed by atoms with Gasteiger partial charge < -0.3 is 69.6 Å². The van der Waals surface area contributed by atoms with Gasteiger partial charge in [0.1, 0.15) is 61.0 Å². The van der Waals surface area contributed by atoms with Gasteiger partial charge in [-0.05, 0) is 13.8 Å². The van der Waals surface area contributed by atoms with Crippen LogP contribution in [0.15, 0.2) is 0 Å². The van der Waals surface area contributed by atoms with Crippen LogP contribution in [0.25, 0.3) is 0 Å². The Hall–Kier alpha value is -0.560. The van der Waals surface area contributed by atoms with Gasteiger partial charge in [0.25, 0.3) is 0 Å². The van der Waals surface area contributed by atoms with E-state index in [2.05, 4.69) is 0 Å². The molecule has 9 N–H and O–H groups in total. The summed E-state index contributed by atoms with van der Waals surface area (Å²) >= 11 is 0. The van der Waals surface area contributed by atoms with Gasteiger partial charge in [0.15, 0.2) is 18.9 Å². The van der Waals surface area contributed by atoms with Gasteiger partial charge >= 0.3 is 0 Å². The lowest BCUT2D eigenvalue weighted by atomic mass is 9.96. The molecule has 3 saturated heterocycles. The summed E-state index contributed by atoms with van der Waals surface area (Å²) in [5.74, 6) is 0. The minimum atomic E-state index is -1.82. The summed E-state index contributed by atoms with van der Waals surface area (Å²) in [4.78, 5) is 0. The molecule has 3 rings (SSSR count). The summed E-state index contributed by atoms with van der Waals surface area (Å²) in [5.41, 5.74) is 0. The molecule has 3 aliphatic heterocycles. The molecule has 0 amide bonds. The van der Waals surface area contributed by atoms with Gasteiger partial charge in [-0.2, -0.15) is 0 Å². The summed E-state index contributed by atoms with van der Waals surface area (Å²) < 4.78 is 26.8. The first-order valence-corrected chi connectivity index (χ1v) is 10.3. The Morgan fingerprint density at radius 3 is 1.44 bits per heavy atom. The molecule has 0 bridgehead atoms. The number of hydrogen-bond acceptors (Lipinski definition) is 14. The van der Waals surface area contributed by atoms with E-state index in [0.717, 1.165) is 0 Å². The summed E-state index contributed by atoms with van der Waals surface area (Å²) in [6, 6.07) is 0. The van der Waals surface area contributed by atoms with Gasteiger partial charge in [0.05, 0.1) is 18.8 Å². The second-order valence-corrected chi connectivity index (χ2v) is 8.30. The minimum absolute atomic E-state index is 0.723. The highest BCUT2D eigenvalue weighted by Crippen LogP contribution is 2.32. The summed E-state index contributed by atoms with van der Waals surface area (Å²) in [7, 11) is 0. The molecule has 32 heavy (non-hydrogen) atoms. The largest absolute Gasteiger partial charge is 0.394 e. The van der Waals surface area contributed by atoms with Gasteiger partial charge in [-0.1, -0.05) is 0 Å². The zero-order valence-electron chi connectivity index (χ0n) is 17.4. The molecule has 0 saturated carbocycles. The molecular weight excluding hydrogens is 440 g/mol. The number of aliphatic hydroxyl groups excluding tert-OH is 9. The van der Waals surface area contributed by atoms with Crippen molar-refractivity contribution in [2.75, 3.05) is 6.61 Å². The molecule has 3 aliphatic rings. The molecule has 6 unspecified atom stereocenters. The van der Waals surface area contributed by atoms with Crippen molar-refractivity contribution < 1.29 is 69.6 Å². The molecule has 0 spiro atoms. The van der Waals surface area contributed by atoms with Crippen molar-refractivity contribution in [2.24, 2.45) is 0 Å². The summed E-state index contributed by atoms with van der Waals surface area (Å²) in [6.07, 6.45) is -22.4. The molecule has 3 fully saturated rings. The molecular formula is C18H32O14. The standard InChI is InChI=1S/C18H32O14/c1-4-7(20)9(22)11(24)17(28-4)31-14-6(3-19)30-16(27)15(13(14)26)32-18-12(25)10(23)8(21)5(2)29-18/h4-27H,3H2,1-2H3/t4?,5?,6?,7-,8-,9-,10-,11?,12?,13-,14+,15?,16+,17-,18-/m0/s1. The highest BCUT2D eigenvalue weighted by molar-refractivity contribution is 4.95. The third kappa shape index (κ3) is 4.94. The van der Waals surface area contributed by atoms with Crippen molar-refractivity contribution in [1.29, 1.82) is 0 Å². The van der Waals surface area contributed by atoms with Crippen molar-refractivity contribution in [3.8, 4) is 0 Å². The zero-order valence-corrected chi connectivity index (χ0v) is 17.4. The number of hydrogen-bond donors (Lipinski definition) is 9. The first kappa shape index (κ1) is 26.1. The maximum atomic E-state index is 10.8. The van der Waals surface area contributed by atoms with E-state index in [4.69, 9.17) is 23.7 Å². The summed E-state index contributed by atoms with van der Waals surface area (Å²) in [5, 5.41) is 90.4. The maximum absolute atomic E-state index is 10.8. The Morgan fingerprint density at radius 1 is 0.562 bits per heavy atom. The van der Waals surface area contributed by atoms with Crippen LogP contribution in [0.3, 0.4) is 0 Å². The highest BCUT2D eigenvalue weighted by atomic mass is 16.7. The van der Waals surface area contributed by atoms with Crippen LogP contribution in [0, 0.1) is 0 Å². The Balaban J connectivity index is 1.74. The minimum Gasteiger partial charge on any atom is -0.394 e. The Bertz CT molecular complexity index is 610. The first-order valence-electron chi connectivity index (χ1n) is 10.3. The second-order valence-electron chi connectivity index (χ2n) is 8.30. The molecule has 14 heteroatoms. The third-order valence-electron chi connectivity index (χ3n) is 6.01. The molecule has 0 aromatic heterocycles. The van der Waals surface area contributed by atoms with Gasteiger partial charge in [-0.25, -0.2) is 0 Å². The van der Waals surface area contributed by atoms with E-state index < -0.39 is 98.7 Å². The zero-order chi connectivity index (χ0) is 23.9. The maximum Gasteiger partial charge on any atom is 0.187 e. The molecule has 0 aromatic rings. The van der Waals surface area contributed by atoms with Crippen molar-refractivity contribution in [2.45, 2.75) is 106 Å². The quantitative estimate of drug-likeness (QED) is 0.182. The van der Waals surface area contributed by atoms with Crippen molar-refractivity contribution in [3.63, 3.8) is 0 Å². The molecule has 0 aromatic carbocycles. The van der Waals surface area contributed by atoms with E-state index in [1.54, 1.807) is 0 Å². The van der Waals surface area contributed by atoms with E-state index in [-0.39, 0.29) is 0 Å². The van der Waals surface area contributed by atoms with Gasteiger partial charge in [0.2, 0.25) is 0 Å². The van der Waals surface area contributed by atoms with Crippen molar-refractivity contribution >= 4 is 0 Å². The average Bonchev–Trinajstić information content (AvgIpc) is 2.76. The molecule has 3 heterocycles. The fraction of sp³-hybridized carbons (Fsp3) is 1.00. The average molecular weight is 472 g/mol. The fourth-order valence-electron chi connectivity index (χ4n) is 3.93. The Morgan fingerprint density at radius 2 is 1.00 bits per heavy atom. The second kappa shape index (κ2) is 10.4. The van der Waals surface area contributed by atoms with E-state index in [9.17, 15) is 46.0 Å². The number of rotatable bonds is 5. The third-order valence-corrected chi connectivity index (χ3v) is 6.01. The first-order chi connectivity index (χ1) is 15.0. The fourth-order valence-corrected chi connectivity index (χ4v) is 3.93. The molecule has 0 radical (unpaired) electrons. The van der Waals surface area contributed by atoms with E-state index in [1.165, 1.54) is 13.8 Å². The highest BCUT2D eigenvalue weighted by Gasteiger charge is 2.52. The summed E-state index contributed by atoms with van der Waals surface area (Å²) in [6.45, 7) is 2.11. The monoisotopic (exact) mass is 472 g/mol. The van der Waals surface area contributed by atoms with E-state index in [0.29, 0.717) is 0 Å². The smallest absolute Gasteiger partial charge is 0.187 e. The molecule has 188 valence electrons. The van der Waals surface area contributed by atoms with Gasteiger partial charge in [-0.3, -0.25) is 0 Å². The lowest BCUT2D eigenvalue weighted by Gasteiger charge is -2.47. The lowest BCUT2D eigenvalue weighted by molar-refractivity contribution is -0.380. The van der Waals surface area contributed by atoms with Crippen LogP contribution < -0.4 is 0 Å². The SMILES string of the molecule is CC1O[C@@H](OC2[C@H](O)OC(CO)[C@@H](O[C@@H]3OC(C)[C@H](O)[C@H](O)C3O)[C@@H]2O)C(O)[C@@H](O)[C@H]1O. The number of aliphatic hydroxyl groups is 9. The predicted octanol–water partition coefficient (Wildman–Crippen LogP) is -5.52. The van der Waals surface area contributed by atoms with Crippen LogP contribution in [-0.2, 0) is 23.7 Å². The van der Waals surface area contributed by atoms with E-state index >= 15 is 0 Å².